The van der Waals surface area contributed by atoms with Crippen molar-refractivity contribution in [2.75, 3.05) is 6.61 Å². The zero-order valence-electron chi connectivity index (χ0n) is 16.6. The monoisotopic (exact) mass is 361 g/mol. The summed E-state index contributed by atoms with van der Waals surface area (Å²) in [6.45, 7) is 2.97. The maximum absolute atomic E-state index is 10.7. The van der Waals surface area contributed by atoms with E-state index in [9.17, 15) is 9.90 Å². The number of unbranched alkanes of at least 4 members (excludes halogenated alkanes) is 13. The molecule has 0 saturated heterocycles. The summed E-state index contributed by atoms with van der Waals surface area (Å²) in [5, 5.41) is 10.7. The quantitative estimate of drug-likeness (QED) is 0.277. The van der Waals surface area contributed by atoms with Crippen LogP contribution in [-0.4, -0.2) is 12.6 Å². The fourth-order valence-electron chi connectivity index (χ4n) is 3.17. The van der Waals surface area contributed by atoms with Crippen LogP contribution in [0.2, 0.25) is 0 Å². The highest BCUT2D eigenvalue weighted by Crippen LogP contribution is 2.15. The fraction of sp³-hybridized carbons (Fsp3) is 0.696. The van der Waals surface area contributed by atoms with E-state index in [1.807, 2.05) is 0 Å². The first-order valence-corrected chi connectivity index (χ1v) is 10.7. The van der Waals surface area contributed by atoms with E-state index in [1.165, 1.54) is 95.6 Å². The zero-order chi connectivity index (χ0) is 18.9. The van der Waals surface area contributed by atoms with E-state index in [0.29, 0.717) is 6.61 Å². The van der Waals surface area contributed by atoms with Crippen LogP contribution in [0, 0.1) is 0 Å². The number of ether oxygens (including phenoxy) is 1. The van der Waals surface area contributed by atoms with Crippen molar-refractivity contribution in [1.29, 1.82) is 0 Å². The summed E-state index contributed by atoms with van der Waals surface area (Å²) in [7, 11) is 0. The molecule has 0 heterocycles. The first-order chi connectivity index (χ1) is 12.7. The van der Waals surface area contributed by atoms with Crippen LogP contribution >= 0.6 is 0 Å². The largest absolute Gasteiger partial charge is 0.494 e. The van der Waals surface area contributed by atoms with Crippen LogP contribution in [0.5, 0.6) is 5.75 Å². The first kappa shape index (κ1) is 22.5. The van der Waals surface area contributed by atoms with Crippen molar-refractivity contribution in [1.82, 2.24) is 0 Å². The molecular formula is C23H37O3. The second-order valence-electron chi connectivity index (χ2n) is 7.26. The van der Waals surface area contributed by atoms with Gasteiger partial charge in [0.05, 0.1) is 12.2 Å². The molecule has 1 radical (unpaired) electrons. The van der Waals surface area contributed by atoms with Crippen molar-refractivity contribution >= 4 is 5.97 Å². The zero-order valence-corrected chi connectivity index (χ0v) is 16.6. The van der Waals surface area contributed by atoms with Gasteiger partial charge in [-0.05, 0) is 30.7 Å². The summed E-state index contributed by atoms with van der Waals surface area (Å²) in [5.74, 6) is -0.423. The third-order valence-electron chi connectivity index (χ3n) is 4.86. The number of benzene rings is 1. The Morgan fingerprint density at radius 2 is 1.12 bits per heavy atom. The normalized spacial score (nSPS) is 10.8. The Balaban J connectivity index is 1.83. The highest BCUT2D eigenvalue weighted by atomic mass is 16.5. The molecule has 0 unspecified atom stereocenters. The topological polar surface area (TPSA) is 46.2 Å². The fourth-order valence-corrected chi connectivity index (χ4v) is 3.17. The maximum Gasteiger partial charge on any atom is 0.386 e. The lowest BCUT2D eigenvalue weighted by Gasteiger charge is -2.06. The molecule has 3 nitrogen and oxygen atoms in total. The lowest BCUT2D eigenvalue weighted by Crippen LogP contribution is -1.98. The van der Waals surface area contributed by atoms with Crippen molar-refractivity contribution in [3.8, 4) is 5.75 Å². The summed E-state index contributed by atoms with van der Waals surface area (Å²) >= 11 is 0. The van der Waals surface area contributed by atoms with Gasteiger partial charge in [-0.2, -0.15) is 0 Å². The molecule has 0 amide bonds. The van der Waals surface area contributed by atoms with Crippen LogP contribution in [0.4, 0.5) is 0 Å². The van der Waals surface area contributed by atoms with Crippen LogP contribution in [0.1, 0.15) is 107 Å². The smallest absolute Gasteiger partial charge is 0.386 e. The Morgan fingerprint density at radius 3 is 1.54 bits per heavy atom. The lowest BCUT2D eigenvalue weighted by molar-refractivity contribution is 0.0573. The molecule has 0 aliphatic heterocycles. The summed E-state index contributed by atoms with van der Waals surface area (Å²) in [6, 6.07) is 6.43. The Morgan fingerprint density at radius 1 is 0.692 bits per heavy atom. The molecule has 0 aliphatic carbocycles. The van der Waals surface area contributed by atoms with Gasteiger partial charge in [-0.3, -0.25) is 0 Å². The summed E-state index contributed by atoms with van der Waals surface area (Å²) in [5.41, 5.74) is 0.189. The molecule has 0 saturated carbocycles. The van der Waals surface area contributed by atoms with Crippen LogP contribution in [0.15, 0.2) is 24.3 Å². The minimum atomic E-state index is -1.15. The number of carbonyl (C=O) groups is 1. The van der Waals surface area contributed by atoms with Gasteiger partial charge in [0.2, 0.25) is 0 Å². The second kappa shape index (κ2) is 15.7. The van der Waals surface area contributed by atoms with E-state index in [0.717, 1.165) is 12.2 Å². The Kier molecular flexibility index (Phi) is 13.6. The van der Waals surface area contributed by atoms with E-state index in [2.05, 4.69) is 6.92 Å². The highest BCUT2D eigenvalue weighted by Gasteiger charge is 2.04. The van der Waals surface area contributed by atoms with Gasteiger partial charge in [-0.15, -0.1) is 0 Å². The molecule has 0 bridgehead atoms. The number of rotatable bonds is 17. The highest BCUT2D eigenvalue weighted by molar-refractivity contribution is 5.87. The van der Waals surface area contributed by atoms with Gasteiger partial charge in [-0.25, -0.2) is 9.90 Å². The van der Waals surface area contributed by atoms with Crippen molar-refractivity contribution < 1.29 is 14.6 Å². The molecule has 147 valence electrons. The van der Waals surface area contributed by atoms with E-state index < -0.39 is 5.97 Å². The third-order valence-corrected chi connectivity index (χ3v) is 4.86. The molecule has 1 rings (SSSR count). The van der Waals surface area contributed by atoms with Gasteiger partial charge >= 0.3 is 5.97 Å². The molecule has 0 atom stereocenters. The molecule has 3 heteroatoms. The maximum atomic E-state index is 10.7. The van der Waals surface area contributed by atoms with Gasteiger partial charge in [0, 0.05) is 0 Å². The van der Waals surface area contributed by atoms with Crippen molar-refractivity contribution in [2.24, 2.45) is 0 Å². The Labute approximate surface area is 160 Å². The number of hydrogen-bond acceptors (Lipinski definition) is 2. The second-order valence-corrected chi connectivity index (χ2v) is 7.26. The van der Waals surface area contributed by atoms with E-state index in [1.54, 1.807) is 12.1 Å². The summed E-state index contributed by atoms with van der Waals surface area (Å²) in [4.78, 5) is 10.7. The Bertz CT molecular complexity index is 453. The minimum Gasteiger partial charge on any atom is -0.494 e. The molecule has 1 aromatic carbocycles. The number of hydrogen-bond donors (Lipinski definition) is 0. The average Bonchev–Trinajstić information content (AvgIpc) is 2.65. The van der Waals surface area contributed by atoms with Crippen LogP contribution in [0.25, 0.3) is 0 Å². The standard InChI is InChI=1S/C23H37O3/c1-2-3-4-5-6-7-8-9-10-11-12-13-14-15-20-26-22-18-16-21(17-19-22)23(24)25/h16-19H,2-15,20H2,1H3. The predicted octanol–water partition coefficient (Wildman–Crippen LogP) is 7.12. The summed E-state index contributed by atoms with van der Waals surface area (Å²) in [6.07, 6.45) is 18.9. The van der Waals surface area contributed by atoms with Crippen molar-refractivity contribution in [3.63, 3.8) is 0 Å². The van der Waals surface area contributed by atoms with Gasteiger partial charge in [0.25, 0.3) is 0 Å². The third kappa shape index (κ3) is 11.9. The molecule has 0 N–H and O–H groups in total. The molecule has 0 aromatic heterocycles. The van der Waals surface area contributed by atoms with E-state index in [4.69, 9.17) is 4.74 Å². The van der Waals surface area contributed by atoms with E-state index in [-0.39, 0.29) is 5.56 Å². The lowest BCUT2D eigenvalue weighted by atomic mass is 10.0. The molecule has 0 aliphatic rings. The number of carbonyl (C=O) groups excluding carboxylic acids is 1. The minimum absolute atomic E-state index is 0.189. The van der Waals surface area contributed by atoms with Crippen LogP contribution in [-0.2, 0) is 5.11 Å². The predicted molar refractivity (Wildman–Crippen MR) is 107 cm³/mol. The molecule has 0 fully saturated rings. The molecular weight excluding hydrogens is 324 g/mol. The van der Waals surface area contributed by atoms with Gasteiger partial charge in [0.15, 0.2) is 0 Å². The van der Waals surface area contributed by atoms with Gasteiger partial charge in [0.1, 0.15) is 5.75 Å². The molecule has 1 aromatic rings. The first-order valence-electron chi connectivity index (χ1n) is 10.7. The molecule has 26 heavy (non-hydrogen) atoms. The average molecular weight is 362 g/mol. The van der Waals surface area contributed by atoms with Crippen LogP contribution in [0.3, 0.4) is 0 Å². The van der Waals surface area contributed by atoms with E-state index >= 15 is 0 Å². The van der Waals surface area contributed by atoms with Crippen molar-refractivity contribution in [3.05, 3.63) is 29.8 Å². The Hall–Kier alpha value is -1.51. The summed E-state index contributed by atoms with van der Waals surface area (Å²) < 4.78 is 5.63. The van der Waals surface area contributed by atoms with Crippen LogP contribution < -0.4 is 4.74 Å². The van der Waals surface area contributed by atoms with Gasteiger partial charge in [-0.1, -0.05) is 90.4 Å². The SMILES string of the molecule is CCCCCCCCCCCCCCCCOc1ccc(C([O])=O)cc1. The van der Waals surface area contributed by atoms with Crippen molar-refractivity contribution in [2.45, 2.75) is 96.8 Å². The van der Waals surface area contributed by atoms with Gasteiger partial charge < -0.3 is 4.74 Å². The molecule has 0 spiro atoms.